The molecule has 1 aromatic heterocycles. The zero-order valence-corrected chi connectivity index (χ0v) is 18.9. The predicted octanol–water partition coefficient (Wildman–Crippen LogP) is 2.18. The van der Waals surface area contributed by atoms with E-state index in [9.17, 15) is 19.8 Å². The lowest BCUT2D eigenvalue weighted by molar-refractivity contribution is -0.125. The van der Waals surface area contributed by atoms with Crippen LogP contribution in [0.3, 0.4) is 0 Å². The lowest BCUT2D eigenvalue weighted by Gasteiger charge is -2.28. The highest BCUT2D eigenvalue weighted by Crippen LogP contribution is 2.14. The third kappa shape index (κ3) is 10.5. The quantitative estimate of drug-likeness (QED) is 0.458. The summed E-state index contributed by atoms with van der Waals surface area (Å²) in [6, 6.07) is 4.29. The highest BCUT2D eigenvalue weighted by molar-refractivity contribution is 5.77. The third-order valence-electron chi connectivity index (χ3n) is 4.40. The van der Waals surface area contributed by atoms with Gasteiger partial charge in [0.05, 0.1) is 30.7 Å². The Morgan fingerprint density at radius 2 is 1.77 bits per heavy atom. The number of carbonyl (C=O) groups is 2. The number of carbonyl (C=O) groups excluding carboxylic acids is 2. The molecule has 0 bridgehead atoms. The molecule has 170 valence electrons. The van der Waals surface area contributed by atoms with E-state index in [0.717, 1.165) is 5.69 Å². The largest absolute Gasteiger partial charge is 0.444 e. The Labute approximate surface area is 179 Å². The zero-order chi connectivity index (χ0) is 22.9. The smallest absolute Gasteiger partial charge is 0.407 e. The normalized spacial score (nSPS) is 15.8. The maximum absolute atomic E-state index is 12.4. The summed E-state index contributed by atoms with van der Waals surface area (Å²) in [7, 11) is 0. The fourth-order valence-electron chi connectivity index (χ4n) is 2.93. The lowest BCUT2D eigenvalue weighted by atomic mass is 9.97. The van der Waals surface area contributed by atoms with Crippen LogP contribution < -0.4 is 10.6 Å². The molecule has 1 heterocycles. The SMILES string of the molecule is CC(C)C[C@H](NC(=O)OC(C)(C)C)[C@@H](O)CC(=O)N[C@@H](C)C(O)Cc1ccccn1. The third-order valence-corrected chi connectivity index (χ3v) is 4.40. The minimum absolute atomic E-state index is 0.196. The molecular formula is C22H37N3O5. The summed E-state index contributed by atoms with van der Waals surface area (Å²) >= 11 is 0. The summed E-state index contributed by atoms with van der Waals surface area (Å²) in [5.41, 5.74) is 0.0678. The number of nitrogens with one attached hydrogen (secondary N) is 2. The first-order valence-electron chi connectivity index (χ1n) is 10.4. The fraction of sp³-hybridized carbons (Fsp3) is 0.682. The number of pyridine rings is 1. The van der Waals surface area contributed by atoms with Crippen LogP contribution in [0.4, 0.5) is 4.79 Å². The molecule has 30 heavy (non-hydrogen) atoms. The molecule has 1 unspecified atom stereocenters. The second-order valence-corrected chi connectivity index (χ2v) is 9.10. The van der Waals surface area contributed by atoms with Crippen molar-refractivity contribution < 1.29 is 24.5 Å². The average molecular weight is 424 g/mol. The van der Waals surface area contributed by atoms with Crippen molar-refractivity contribution in [2.24, 2.45) is 5.92 Å². The first-order chi connectivity index (χ1) is 13.9. The lowest BCUT2D eigenvalue weighted by Crippen LogP contribution is -2.49. The van der Waals surface area contributed by atoms with E-state index in [1.54, 1.807) is 46.0 Å². The van der Waals surface area contributed by atoms with Crippen LogP contribution in [-0.4, -0.2) is 57.1 Å². The van der Waals surface area contributed by atoms with Crippen LogP contribution in [0.1, 0.15) is 60.1 Å². The molecular weight excluding hydrogens is 386 g/mol. The van der Waals surface area contributed by atoms with Gasteiger partial charge in [-0.25, -0.2) is 4.79 Å². The molecule has 0 spiro atoms. The molecule has 0 aliphatic rings. The van der Waals surface area contributed by atoms with Crippen LogP contribution in [0, 0.1) is 5.92 Å². The fourth-order valence-corrected chi connectivity index (χ4v) is 2.93. The molecule has 0 fully saturated rings. The Hall–Kier alpha value is -2.19. The number of aliphatic hydroxyl groups is 2. The van der Waals surface area contributed by atoms with Crippen molar-refractivity contribution in [1.82, 2.24) is 15.6 Å². The van der Waals surface area contributed by atoms with Gasteiger partial charge in [0.2, 0.25) is 5.91 Å². The zero-order valence-electron chi connectivity index (χ0n) is 18.9. The van der Waals surface area contributed by atoms with Gasteiger partial charge in [-0.05, 0) is 52.2 Å². The number of hydrogen-bond acceptors (Lipinski definition) is 6. The molecule has 4 atom stereocenters. The van der Waals surface area contributed by atoms with Crippen molar-refractivity contribution in [3.8, 4) is 0 Å². The molecule has 0 aromatic carbocycles. The molecule has 0 saturated heterocycles. The first kappa shape index (κ1) is 25.8. The second kappa shape index (κ2) is 11.9. The van der Waals surface area contributed by atoms with E-state index in [4.69, 9.17) is 4.74 Å². The monoisotopic (exact) mass is 423 g/mol. The molecule has 0 saturated carbocycles. The molecule has 0 radical (unpaired) electrons. The Kier molecular flexibility index (Phi) is 10.2. The van der Waals surface area contributed by atoms with E-state index in [-0.39, 0.29) is 12.3 Å². The van der Waals surface area contributed by atoms with E-state index >= 15 is 0 Å². The van der Waals surface area contributed by atoms with Crippen molar-refractivity contribution in [3.05, 3.63) is 30.1 Å². The molecule has 0 aliphatic carbocycles. The highest BCUT2D eigenvalue weighted by atomic mass is 16.6. The number of aliphatic hydroxyl groups excluding tert-OH is 2. The summed E-state index contributed by atoms with van der Waals surface area (Å²) < 4.78 is 5.26. The van der Waals surface area contributed by atoms with Gasteiger partial charge in [-0.2, -0.15) is 0 Å². The Morgan fingerprint density at radius 1 is 1.10 bits per heavy atom. The second-order valence-electron chi connectivity index (χ2n) is 9.10. The van der Waals surface area contributed by atoms with Gasteiger partial charge in [-0.15, -0.1) is 0 Å². The van der Waals surface area contributed by atoms with Crippen molar-refractivity contribution in [1.29, 1.82) is 0 Å². The molecule has 1 aromatic rings. The topological polar surface area (TPSA) is 121 Å². The number of amides is 2. The van der Waals surface area contributed by atoms with Crippen LogP contribution >= 0.6 is 0 Å². The van der Waals surface area contributed by atoms with E-state index in [1.165, 1.54) is 0 Å². The van der Waals surface area contributed by atoms with Gasteiger partial charge in [0, 0.05) is 18.3 Å². The summed E-state index contributed by atoms with van der Waals surface area (Å²) in [4.78, 5) is 28.6. The van der Waals surface area contributed by atoms with E-state index in [2.05, 4.69) is 15.6 Å². The van der Waals surface area contributed by atoms with Crippen molar-refractivity contribution in [2.75, 3.05) is 0 Å². The molecule has 4 N–H and O–H groups in total. The van der Waals surface area contributed by atoms with E-state index in [0.29, 0.717) is 12.8 Å². The van der Waals surface area contributed by atoms with Crippen LogP contribution in [0.25, 0.3) is 0 Å². The molecule has 8 heteroatoms. The minimum Gasteiger partial charge on any atom is -0.444 e. The molecule has 2 amide bonds. The molecule has 1 rings (SSSR count). The van der Waals surface area contributed by atoms with Crippen LogP contribution in [-0.2, 0) is 16.0 Å². The van der Waals surface area contributed by atoms with Gasteiger partial charge in [0.25, 0.3) is 0 Å². The van der Waals surface area contributed by atoms with Crippen LogP contribution in [0.15, 0.2) is 24.4 Å². The summed E-state index contributed by atoms with van der Waals surface area (Å²) in [6.07, 6.45) is -0.284. The molecule has 8 nitrogen and oxygen atoms in total. The van der Waals surface area contributed by atoms with Crippen LogP contribution in [0.2, 0.25) is 0 Å². The number of nitrogens with zero attached hydrogens (tertiary/aromatic N) is 1. The Balaban J connectivity index is 2.60. The Bertz CT molecular complexity index is 660. The number of ether oxygens (including phenoxy) is 1. The van der Waals surface area contributed by atoms with Gasteiger partial charge in [0.15, 0.2) is 0 Å². The number of hydrogen-bond donors (Lipinski definition) is 4. The van der Waals surface area contributed by atoms with Gasteiger partial charge in [-0.1, -0.05) is 19.9 Å². The minimum atomic E-state index is -1.08. The molecule has 0 aliphatic heterocycles. The van der Waals surface area contributed by atoms with Gasteiger partial charge >= 0.3 is 6.09 Å². The summed E-state index contributed by atoms with van der Waals surface area (Å²) in [6.45, 7) is 10.9. The van der Waals surface area contributed by atoms with E-state index < -0.39 is 41.9 Å². The maximum atomic E-state index is 12.4. The number of rotatable bonds is 10. The van der Waals surface area contributed by atoms with Crippen LogP contribution in [0.5, 0.6) is 0 Å². The van der Waals surface area contributed by atoms with E-state index in [1.807, 2.05) is 19.9 Å². The van der Waals surface area contributed by atoms with Crippen molar-refractivity contribution in [3.63, 3.8) is 0 Å². The van der Waals surface area contributed by atoms with Gasteiger partial charge < -0.3 is 25.6 Å². The maximum Gasteiger partial charge on any atom is 0.407 e. The highest BCUT2D eigenvalue weighted by Gasteiger charge is 2.28. The average Bonchev–Trinajstić information content (AvgIpc) is 2.59. The Morgan fingerprint density at radius 3 is 2.30 bits per heavy atom. The standard InChI is InChI=1S/C22H37N3O5/c1-14(2)11-17(25-21(29)30-22(4,5)6)19(27)13-20(28)24-15(3)18(26)12-16-9-7-8-10-23-16/h7-10,14-15,17-19,26-27H,11-13H2,1-6H3,(H,24,28)(H,25,29)/t15-,17-,18?,19-/m0/s1. The van der Waals surface area contributed by atoms with Gasteiger partial charge in [-0.3, -0.25) is 9.78 Å². The number of aromatic nitrogens is 1. The van der Waals surface area contributed by atoms with Gasteiger partial charge in [0.1, 0.15) is 5.60 Å². The summed E-state index contributed by atoms with van der Waals surface area (Å²) in [5, 5.41) is 26.3. The van der Waals surface area contributed by atoms with Crippen molar-refractivity contribution in [2.45, 2.75) is 90.7 Å². The number of alkyl carbamates (subject to hydrolysis) is 1. The predicted molar refractivity (Wildman–Crippen MR) is 115 cm³/mol. The first-order valence-corrected chi connectivity index (χ1v) is 10.4. The van der Waals surface area contributed by atoms with Crippen molar-refractivity contribution >= 4 is 12.0 Å². The summed E-state index contributed by atoms with van der Waals surface area (Å²) in [5.74, 6) is -0.211.